The van der Waals surface area contributed by atoms with Crippen LogP contribution in [0.4, 0.5) is 0 Å². The molecule has 0 radical (unpaired) electrons. The Morgan fingerprint density at radius 3 is 2.75 bits per heavy atom. The number of amides is 3. The number of hydrogen-bond acceptors (Lipinski definition) is 5. The maximum Gasteiger partial charge on any atom is 0.258 e. The van der Waals surface area contributed by atoms with Crippen molar-refractivity contribution in [2.45, 2.75) is 25.8 Å². The molecule has 2 aliphatic rings. The number of thiophene rings is 1. The molecular weight excluding hydrogens is 328 g/mol. The van der Waals surface area contributed by atoms with E-state index in [-0.39, 0.29) is 24.3 Å². The maximum atomic E-state index is 12.8. The van der Waals surface area contributed by atoms with E-state index in [4.69, 9.17) is 11.5 Å². The van der Waals surface area contributed by atoms with Crippen molar-refractivity contribution in [2.24, 2.45) is 17.4 Å². The molecule has 0 saturated carbocycles. The number of likely N-dealkylation sites (tertiary alicyclic amines) is 1. The van der Waals surface area contributed by atoms with Gasteiger partial charge < -0.3 is 16.4 Å². The molecule has 1 aromatic rings. The molecule has 130 valence electrons. The lowest BCUT2D eigenvalue weighted by molar-refractivity contribution is -0.139. The Kier molecular flexibility index (Phi) is 4.86. The summed E-state index contributed by atoms with van der Waals surface area (Å²) in [6.45, 7) is 2.80. The van der Waals surface area contributed by atoms with Gasteiger partial charge in [-0.1, -0.05) is 0 Å². The minimum atomic E-state index is -0.415. The first-order valence-corrected chi connectivity index (χ1v) is 8.96. The Hall–Kier alpha value is -1.93. The highest BCUT2D eigenvalue weighted by Crippen LogP contribution is 2.29. The lowest BCUT2D eigenvalue weighted by Gasteiger charge is -2.35. The molecule has 24 heavy (non-hydrogen) atoms. The SMILES string of the molecule is NC(=O)CN1CCC[C@H](C(=O)N2CCc3sc(C(N)=O)cc3C2)C1. The minimum absolute atomic E-state index is 0.0890. The summed E-state index contributed by atoms with van der Waals surface area (Å²) in [6, 6.07) is 1.81. The van der Waals surface area contributed by atoms with Crippen molar-refractivity contribution in [3.05, 3.63) is 21.4 Å². The minimum Gasteiger partial charge on any atom is -0.369 e. The second-order valence-corrected chi connectivity index (χ2v) is 7.61. The number of rotatable bonds is 4. The van der Waals surface area contributed by atoms with Crippen molar-refractivity contribution in [3.63, 3.8) is 0 Å². The quantitative estimate of drug-likeness (QED) is 0.792. The van der Waals surface area contributed by atoms with E-state index in [1.54, 1.807) is 0 Å². The van der Waals surface area contributed by atoms with Crippen LogP contribution in [-0.4, -0.2) is 53.7 Å². The Bertz CT molecular complexity index is 672. The lowest BCUT2D eigenvalue weighted by Crippen LogP contribution is -2.47. The molecule has 0 aromatic carbocycles. The van der Waals surface area contributed by atoms with E-state index in [9.17, 15) is 14.4 Å². The second kappa shape index (κ2) is 6.90. The number of carbonyl (C=O) groups is 3. The van der Waals surface area contributed by atoms with Crippen LogP contribution in [0.3, 0.4) is 0 Å². The monoisotopic (exact) mass is 350 g/mol. The van der Waals surface area contributed by atoms with Crippen LogP contribution in [-0.2, 0) is 22.6 Å². The zero-order chi connectivity index (χ0) is 17.3. The van der Waals surface area contributed by atoms with E-state index in [1.807, 2.05) is 15.9 Å². The molecule has 0 aliphatic carbocycles. The highest BCUT2D eigenvalue weighted by atomic mass is 32.1. The van der Waals surface area contributed by atoms with E-state index in [0.717, 1.165) is 36.2 Å². The Labute approximate surface area is 144 Å². The number of nitrogens with two attached hydrogens (primary N) is 2. The summed E-state index contributed by atoms with van der Waals surface area (Å²) in [5.74, 6) is -0.736. The molecule has 1 atom stereocenters. The fourth-order valence-electron chi connectivity index (χ4n) is 3.52. The molecule has 0 unspecified atom stereocenters. The van der Waals surface area contributed by atoms with Gasteiger partial charge in [-0.15, -0.1) is 11.3 Å². The van der Waals surface area contributed by atoms with Crippen LogP contribution >= 0.6 is 11.3 Å². The molecule has 0 bridgehead atoms. The first-order chi connectivity index (χ1) is 11.4. The van der Waals surface area contributed by atoms with Crippen LogP contribution < -0.4 is 11.5 Å². The van der Waals surface area contributed by atoms with Gasteiger partial charge in [-0.3, -0.25) is 19.3 Å². The van der Waals surface area contributed by atoms with Gasteiger partial charge in [0.2, 0.25) is 11.8 Å². The number of primary amides is 2. The van der Waals surface area contributed by atoms with Crippen LogP contribution in [0.1, 0.15) is 33.0 Å². The second-order valence-electron chi connectivity index (χ2n) is 6.47. The summed E-state index contributed by atoms with van der Waals surface area (Å²) >= 11 is 1.43. The lowest BCUT2D eigenvalue weighted by atomic mass is 9.95. The average Bonchev–Trinajstić information content (AvgIpc) is 2.97. The van der Waals surface area contributed by atoms with Crippen molar-refractivity contribution in [3.8, 4) is 0 Å². The van der Waals surface area contributed by atoms with Crippen LogP contribution in [0.15, 0.2) is 6.07 Å². The van der Waals surface area contributed by atoms with Crippen LogP contribution in [0, 0.1) is 5.92 Å². The summed E-state index contributed by atoms with van der Waals surface area (Å²) in [4.78, 5) is 40.8. The number of fused-ring (bicyclic) bond motifs is 1. The molecular formula is C16H22N4O3S. The molecule has 7 nitrogen and oxygen atoms in total. The topological polar surface area (TPSA) is 110 Å². The molecule has 3 amide bonds. The normalized spacial score (nSPS) is 21.3. The molecule has 1 fully saturated rings. The van der Waals surface area contributed by atoms with Gasteiger partial charge in [-0.25, -0.2) is 0 Å². The van der Waals surface area contributed by atoms with Gasteiger partial charge in [0.15, 0.2) is 0 Å². The molecule has 3 rings (SSSR count). The zero-order valence-corrected chi connectivity index (χ0v) is 14.3. The molecule has 0 spiro atoms. The Morgan fingerprint density at radius 1 is 1.25 bits per heavy atom. The third-order valence-electron chi connectivity index (χ3n) is 4.66. The third-order valence-corrected chi connectivity index (χ3v) is 5.91. The molecule has 3 heterocycles. The summed E-state index contributed by atoms with van der Waals surface area (Å²) in [7, 11) is 0. The van der Waals surface area contributed by atoms with Crippen LogP contribution in [0.2, 0.25) is 0 Å². The summed E-state index contributed by atoms with van der Waals surface area (Å²) in [6.07, 6.45) is 2.50. The first kappa shape index (κ1) is 16.9. The number of piperidine rings is 1. The largest absolute Gasteiger partial charge is 0.369 e. The zero-order valence-electron chi connectivity index (χ0n) is 13.5. The number of nitrogens with zero attached hydrogens (tertiary/aromatic N) is 2. The van der Waals surface area contributed by atoms with Crippen molar-refractivity contribution < 1.29 is 14.4 Å². The molecule has 1 aromatic heterocycles. The van der Waals surface area contributed by atoms with E-state index >= 15 is 0 Å². The number of hydrogen-bond donors (Lipinski definition) is 2. The third kappa shape index (κ3) is 3.59. The van der Waals surface area contributed by atoms with Crippen molar-refractivity contribution in [2.75, 3.05) is 26.2 Å². The Morgan fingerprint density at radius 2 is 2.04 bits per heavy atom. The van der Waals surface area contributed by atoms with Crippen LogP contribution in [0.5, 0.6) is 0 Å². The molecule has 8 heteroatoms. The van der Waals surface area contributed by atoms with Gasteiger partial charge in [0, 0.05) is 24.5 Å². The van der Waals surface area contributed by atoms with E-state index in [0.29, 0.717) is 24.5 Å². The Balaban J connectivity index is 1.65. The summed E-state index contributed by atoms with van der Waals surface area (Å²) in [5, 5.41) is 0. The van der Waals surface area contributed by atoms with Crippen LogP contribution in [0.25, 0.3) is 0 Å². The molecule has 4 N–H and O–H groups in total. The summed E-state index contributed by atoms with van der Waals surface area (Å²) < 4.78 is 0. The van der Waals surface area contributed by atoms with Gasteiger partial charge in [0.05, 0.1) is 17.3 Å². The van der Waals surface area contributed by atoms with Crippen molar-refractivity contribution in [1.29, 1.82) is 0 Å². The highest BCUT2D eigenvalue weighted by molar-refractivity contribution is 7.14. The fraction of sp³-hybridized carbons (Fsp3) is 0.562. The fourth-order valence-corrected chi connectivity index (χ4v) is 4.54. The van der Waals surface area contributed by atoms with Gasteiger partial charge in [0.1, 0.15) is 0 Å². The summed E-state index contributed by atoms with van der Waals surface area (Å²) in [5.41, 5.74) is 11.6. The van der Waals surface area contributed by atoms with Gasteiger partial charge in [-0.2, -0.15) is 0 Å². The smallest absolute Gasteiger partial charge is 0.258 e. The number of carbonyl (C=O) groups excluding carboxylic acids is 3. The molecule has 1 saturated heterocycles. The predicted octanol–water partition coefficient (Wildman–Crippen LogP) is -0.0710. The van der Waals surface area contributed by atoms with Gasteiger partial charge in [-0.05, 0) is 37.4 Å². The van der Waals surface area contributed by atoms with E-state index in [1.165, 1.54) is 11.3 Å². The van der Waals surface area contributed by atoms with Crippen molar-refractivity contribution in [1.82, 2.24) is 9.80 Å². The molecule has 2 aliphatic heterocycles. The van der Waals surface area contributed by atoms with Crippen molar-refractivity contribution >= 4 is 29.1 Å². The van der Waals surface area contributed by atoms with E-state index < -0.39 is 5.91 Å². The first-order valence-electron chi connectivity index (χ1n) is 8.15. The standard InChI is InChI=1S/C16H22N4O3S/c17-14(21)9-19-4-1-2-10(7-19)16(23)20-5-3-12-11(8-20)6-13(24-12)15(18)22/h6,10H,1-5,7-9H2,(H2,17,21)(H2,18,22)/t10-/m0/s1. The highest BCUT2D eigenvalue weighted by Gasteiger charge is 2.32. The maximum absolute atomic E-state index is 12.8. The van der Waals surface area contributed by atoms with Gasteiger partial charge in [0.25, 0.3) is 5.91 Å². The van der Waals surface area contributed by atoms with E-state index in [2.05, 4.69) is 0 Å². The predicted molar refractivity (Wildman–Crippen MR) is 90.3 cm³/mol. The van der Waals surface area contributed by atoms with Gasteiger partial charge >= 0.3 is 0 Å². The average molecular weight is 350 g/mol.